The van der Waals surface area contributed by atoms with Crippen LogP contribution in [0.2, 0.25) is 5.02 Å². The first kappa shape index (κ1) is 15.8. The van der Waals surface area contributed by atoms with Crippen molar-refractivity contribution < 1.29 is 4.79 Å². The average molecular weight is 335 g/mol. The lowest BCUT2D eigenvalue weighted by atomic mass is 10.1. The van der Waals surface area contributed by atoms with Gasteiger partial charge in [-0.05, 0) is 31.9 Å². The van der Waals surface area contributed by atoms with E-state index in [2.05, 4.69) is 4.98 Å². The molecule has 1 aliphatic heterocycles. The Hall–Kier alpha value is -2.08. The molecular formula is C16H19ClN4O2. The predicted molar refractivity (Wildman–Crippen MR) is 87.6 cm³/mol. The Labute approximate surface area is 139 Å². The number of carbonyl (C=O) groups excluding carboxylic acids is 1. The predicted octanol–water partition coefficient (Wildman–Crippen LogP) is 2.28. The van der Waals surface area contributed by atoms with Gasteiger partial charge < -0.3 is 14.0 Å². The van der Waals surface area contributed by atoms with Gasteiger partial charge in [-0.15, -0.1) is 0 Å². The number of rotatable bonds is 2. The fourth-order valence-electron chi connectivity index (χ4n) is 2.86. The third kappa shape index (κ3) is 2.47. The first-order chi connectivity index (χ1) is 10.8. The van der Waals surface area contributed by atoms with Crippen molar-refractivity contribution in [2.24, 2.45) is 7.05 Å². The van der Waals surface area contributed by atoms with Crippen molar-refractivity contribution in [2.45, 2.75) is 39.9 Å². The quantitative estimate of drug-likeness (QED) is 0.846. The second-order valence-corrected chi connectivity index (χ2v) is 6.57. The van der Waals surface area contributed by atoms with E-state index in [4.69, 9.17) is 11.6 Å². The molecule has 0 atom stereocenters. The molecule has 122 valence electrons. The van der Waals surface area contributed by atoms with Gasteiger partial charge in [0.15, 0.2) is 0 Å². The van der Waals surface area contributed by atoms with Gasteiger partial charge in [0.2, 0.25) is 0 Å². The second-order valence-electron chi connectivity index (χ2n) is 6.19. The molecule has 3 heterocycles. The summed E-state index contributed by atoms with van der Waals surface area (Å²) < 4.78 is 3.43. The number of halogens is 1. The fourth-order valence-corrected chi connectivity index (χ4v) is 3.10. The maximum absolute atomic E-state index is 12.7. The first-order valence-corrected chi connectivity index (χ1v) is 7.88. The van der Waals surface area contributed by atoms with Gasteiger partial charge in [0.05, 0.1) is 12.9 Å². The molecular weight excluding hydrogens is 316 g/mol. The third-order valence-corrected chi connectivity index (χ3v) is 4.87. The van der Waals surface area contributed by atoms with Crippen LogP contribution >= 0.6 is 11.6 Å². The third-order valence-electron chi connectivity index (χ3n) is 4.42. The van der Waals surface area contributed by atoms with Crippen molar-refractivity contribution in [3.05, 3.63) is 50.4 Å². The largest absolute Gasteiger partial charge is 0.334 e. The van der Waals surface area contributed by atoms with E-state index in [9.17, 15) is 9.59 Å². The van der Waals surface area contributed by atoms with Crippen LogP contribution in [0.1, 0.15) is 47.2 Å². The Morgan fingerprint density at radius 2 is 2.04 bits per heavy atom. The van der Waals surface area contributed by atoms with Crippen LogP contribution in [0.25, 0.3) is 0 Å². The zero-order valence-electron chi connectivity index (χ0n) is 13.6. The van der Waals surface area contributed by atoms with E-state index in [-0.39, 0.29) is 22.5 Å². The normalized spacial score (nSPS) is 13.7. The molecule has 7 heteroatoms. The second kappa shape index (κ2) is 5.53. The summed E-state index contributed by atoms with van der Waals surface area (Å²) in [6, 6.07) is 0.252. The minimum Gasteiger partial charge on any atom is -0.334 e. The van der Waals surface area contributed by atoms with Crippen molar-refractivity contribution in [3.8, 4) is 0 Å². The zero-order valence-corrected chi connectivity index (χ0v) is 14.4. The van der Waals surface area contributed by atoms with E-state index < -0.39 is 0 Å². The van der Waals surface area contributed by atoms with Gasteiger partial charge >= 0.3 is 0 Å². The van der Waals surface area contributed by atoms with Gasteiger partial charge in [0, 0.05) is 31.5 Å². The summed E-state index contributed by atoms with van der Waals surface area (Å²) in [5.41, 5.74) is 2.75. The molecule has 2 aromatic rings. The Morgan fingerprint density at radius 3 is 2.65 bits per heavy atom. The summed E-state index contributed by atoms with van der Waals surface area (Å²) in [6.07, 6.45) is 3.42. The summed E-state index contributed by atoms with van der Waals surface area (Å²) in [6.45, 7) is 6.73. The summed E-state index contributed by atoms with van der Waals surface area (Å²) in [5.74, 6) is -0.136. The summed E-state index contributed by atoms with van der Waals surface area (Å²) in [5, 5.41) is 0.227. The van der Waals surface area contributed by atoms with Crippen LogP contribution in [0.3, 0.4) is 0 Å². The number of amides is 1. The molecule has 1 aliphatic rings. The van der Waals surface area contributed by atoms with Crippen molar-refractivity contribution >= 4 is 17.5 Å². The van der Waals surface area contributed by atoms with E-state index in [1.165, 1.54) is 4.57 Å². The highest BCUT2D eigenvalue weighted by atomic mass is 35.5. The number of carbonyl (C=O) groups is 1. The summed E-state index contributed by atoms with van der Waals surface area (Å²) in [4.78, 5) is 30.7. The Bertz CT molecular complexity index is 850. The summed E-state index contributed by atoms with van der Waals surface area (Å²) in [7, 11) is 1.69. The smallest absolute Gasteiger partial charge is 0.274 e. The van der Waals surface area contributed by atoms with Gasteiger partial charge in [-0.25, -0.2) is 4.98 Å². The minimum atomic E-state index is -0.221. The maximum Gasteiger partial charge on any atom is 0.274 e. The highest BCUT2D eigenvalue weighted by Gasteiger charge is 2.30. The van der Waals surface area contributed by atoms with Crippen molar-refractivity contribution in [1.29, 1.82) is 0 Å². The molecule has 0 spiro atoms. The molecule has 0 unspecified atom stereocenters. The lowest BCUT2D eigenvalue weighted by Crippen LogP contribution is -2.26. The molecule has 0 radical (unpaired) electrons. The van der Waals surface area contributed by atoms with E-state index in [0.717, 1.165) is 16.8 Å². The molecule has 6 nitrogen and oxygen atoms in total. The molecule has 0 N–H and O–H groups in total. The standard InChI is InChI=1S/C16H19ClN4O2/c1-9(2)21-6-12(18-8-21)15(22)20-5-11-10(3)14(17)16(23)19(4)13(11)7-20/h6,8-9H,5,7H2,1-4H3. The molecule has 0 bridgehead atoms. The van der Waals surface area contributed by atoms with Crippen molar-refractivity contribution in [1.82, 2.24) is 19.0 Å². The van der Waals surface area contributed by atoms with Gasteiger partial charge in [-0.2, -0.15) is 0 Å². The Balaban J connectivity index is 1.93. The summed E-state index contributed by atoms with van der Waals surface area (Å²) >= 11 is 6.10. The molecule has 0 aromatic carbocycles. The number of hydrogen-bond donors (Lipinski definition) is 0. The topological polar surface area (TPSA) is 60.1 Å². The molecule has 23 heavy (non-hydrogen) atoms. The molecule has 3 rings (SSSR count). The molecule has 0 saturated heterocycles. The van der Waals surface area contributed by atoms with E-state index in [1.807, 2.05) is 25.3 Å². The first-order valence-electron chi connectivity index (χ1n) is 7.50. The lowest BCUT2D eigenvalue weighted by molar-refractivity contribution is 0.0744. The molecule has 0 saturated carbocycles. The number of hydrogen-bond acceptors (Lipinski definition) is 3. The monoisotopic (exact) mass is 334 g/mol. The maximum atomic E-state index is 12.7. The van der Waals surface area contributed by atoms with Crippen LogP contribution in [-0.2, 0) is 20.1 Å². The van der Waals surface area contributed by atoms with Crippen LogP contribution in [0.4, 0.5) is 0 Å². The molecule has 1 amide bonds. The van der Waals surface area contributed by atoms with E-state index in [1.54, 1.807) is 24.5 Å². The minimum absolute atomic E-state index is 0.136. The lowest BCUT2D eigenvalue weighted by Gasteiger charge is -2.13. The van der Waals surface area contributed by atoms with Crippen LogP contribution in [-0.4, -0.2) is 24.9 Å². The van der Waals surface area contributed by atoms with E-state index in [0.29, 0.717) is 18.8 Å². The van der Waals surface area contributed by atoms with Gasteiger partial charge in [-0.3, -0.25) is 9.59 Å². The zero-order chi connectivity index (χ0) is 16.9. The van der Waals surface area contributed by atoms with Crippen molar-refractivity contribution in [3.63, 3.8) is 0 Å². The van der Waals surface area contributed by atoms with Crippen LogP contribution in [0, 0.1) is 6.92 Å². The van der Waals surface area contributed by atoms with Crippen LogP contribution in [0.15, 0.2) is 17.3 Å². The number of pyridine rings is 1. The van der Waals surface area contributed by atoms with Gasteiger partial charge in [0.1, 0.15) is 10.7 Å². The van der Waals surface area contributed by atoms with E-state index >= 15 is 0 Å². The van der Waals surface area contributed by atoms with Gasteiger partial charge in [0.25, 0.3) is 11.5 Å². The highest BCUT2D eigenvalue weighted by molar-refractivity contribution is 6.31. The Kier molecular flexibility index (Phi) is 3.80. The SMILES string of the molecule is Cc1c2c(n(C)c(=O)c1Cl)CN(C(=O)c1cn(C(C)C)cn1)C2. The van der Waals surface area contributed by atoms with Gasteiger partial charge in [-0.1, -0.05) is 11.6 Å². The van der Waals surface area contributed by atoms with Crippen LogP contribution < -0.4 is 5.56 Å². The molecule has 0 fully saturated rings. The number of aromatic nitrogens is 3. The number of fused-ring (bicyclic) bond motifs is 1. The molecule has 0 aliphatic carbocycles. The number of nitrogens with zero attached hydrogens (tertiary/aromatic N) is 4. The van der Waals surface area contributed by atoms with Crippen LogP contribution in [0.5, 0.6) is 0 Å². The fraction of sp³-hybridized carbons (Fsp3) is 0.438. The van der Waals surface area contributed by atoms with Crippen molar-refractivity contribution in [2.75, 3.05) is 0 Å². The average Bonchev–Trinajstić information content (AvgIpc) is 3.17. The highest BCUT2D eigenvalue weighted by Crippen LogP contribution is 2.28. The number of imidazole rings is 1. The molecule has 2 aromatic heterocycles. The Morgan fingerprint density at radius 1 is 1.35 bits per heavy atom.